The fourth-order valence-corrected chi connectivity index (χ4v) is 2.05. The molecule has 0 spiro atoms. The van der Waals surface area contributed by atoms with Gasteiger partial charge in [-0.05, 0) is 37.6 Å². The van der Waals surface area contributed by atoms with E-state index in [4.69, 9.17) is 27.9 Å². The Balaban J connectivity index is 2.45. The van der Waals surface area contributed by atoms with Crippen LogP contribution in [0.25, 0.3) is 0 Å². The van der Waals surface area contributed by atoms with E-state index < -0.39 is 11.7 Å². The summed E-state index contributed by atoms with van der Waals surface area (Å²) in [7, 11) is 1.58. The quantitative estimate of drug-likeness (QED) is 0.749. The van der Waals surface area contributed by atoms with Gasteiger partial charge in [-0.1, -0.05) is 23.2 Å². The Morgan fingerprint density at radius 2 is 1.86 bits per heavy atom. The van der Waals surface area contributed by atoms with Crippen LogP contribution in [0, 0.1) is 0 Å². The van der Waals surface area contributed by atoms with E-state index in [1.165, 1.54) is 0 Å². The van der Waals surface area contributed by atoms with Crippen molar-refractivity contribution in [3.05, 3.63) is 33.8 Å². The molecule has 0 radical (unpaired) electrons. The lowest BCUT2D eigenvalue weighted by Crippen LogP contribution is -2.45. The molecule has 0 fully saturated rings. The number of hydrogen-bond acceptors (Lipinski definition) is 3. The third kappa shape index (κ3) is 6.52. The third-order valence-corrected chi connectivity index (χ3v) is 3.39. The molecule has 0 aliphatic heterocycles. The first-order chi connectivity index (χ1) is 9.73. The Bertz CT molecular complexity index is 475. The van der Waals surface area contributed by atoms with Crippen LogP contribution >= 0.6 is 23.2 Å². The van der Waals surface area contributed by atoms with E-state index in [1.807, 2.05) is 13.8 Å². The van der Waals surface area contributed by atoms with Crippen molar-refractivity contribution in [3.63, 3.8) is 0 Å². The van der Waals surface area contributed by atoms with Gasteiger partial charge in [-0.3, -0.25) is 0 Å². The summed E-state index contributed by atoms with van der Waals surface area (Å²) in [6.45, 7) is 4.12. The second kappa shape index (κ2) is 7.84. The molecular formula is C14H20Cl2N2O3. The van der Waals surface area contributed by atoms with Crippen LogP contribution in [-0.2, 0) is 4.74 Å². The minimum atomic E-state index is -0.887. The van der Waals surface area contributed by atoms with Crippen molar-refractivity contribution < 1.29 is 14.6 Å². The van der Waals surface area contributed by atoms with Crippen molar-refractivity contribution >= 4 is 29.2 Å². The van der Waals surface area contributed by atoms with Gasteiger partial charge in [-0.15, -0.1) is 0 Å². The fraction of sp³-hybridized carbons (Fsp3) is 0.500. The van der Waals surface area contributed by atoms with Crippen LogP contribution in [0.1, 0.15) is 25.5 Å². The monoisotopic (exact) mass is 334 g/mol. The molecule has 21 heavy (non-hydrogen) atoms. The van der Waals surface area contributed by atoms with E-state index in [0.29, 0.717) is 22.2 Å². The van der Waals surface area contributed by atoms with Crippen molar-refractivity contribution in [2.24, 2.45) is 0 Å². The lowest BCUT2D eigenvalue weighted by Gasteiger charge is -2.23. The van der Waals surface area contributed by atoms with E-state index in [0.717, 1.165) is 0 Å². The van der Waals surface area contributed by atoms with Crippen LogP contribution in [0.15, 0.2) is 18.2 Å². The maximum absolute atomic E-state index is 11.6. The van der Waals surface area contributed by atoms with Gasteiger partial charge in [0.1, 0.15) is 0 Å². The molecule has 1 aromatic rings. The molecule has 0 saturated carbocycles. The van der Waals surface area contributed by atoms with E-state index in [-0.39, 0.29) is 12.6 Å². The third-order valence-electron chi connectivity index (χ3n) is 2.95. The first-order valence-electron chi connectivity index (χ1n) is 6.44. The number of rotatable bonds is 6. The van der Waals surface area contributed by atoms with Gasteiger partial charge in [-0.25, -0.2) is 4.79 Å². The van der Waals surface area contributed by atoms with Crippen molar-refractivity contribution in [2.45, 2.75) is 25.6 Å². The maximum Gasteiger partial charge on any atom is 0.314 e. The standard InChI is InChI=1S/C14H20Cl2N2O3/c1-14(2,21-3)8-18-13(20)17-7-12(19)9-4-10(15)6-11(16)5-9/h4-6,12,19H,7-8H2,1-3H3,(H2,17,18,20). The zero-order valence-corrected chi connectivity index (χ0v) is 13.8. The molecule has 1 unspecified atom stereocenters. The Kier molecular flexibility index (Phi) is 6.74. The molecule has 1 aromatic carbocycles. The average molecular weight is 335 g/mol. The molecule has 2 amide bonds. The highest BCUT2D eigenvalue weighted by Gasteiger charge is 2.17. The number of ether oxygens (including phenoxy) is 1. The number of carbonyl (C=O) groups excluding carboxylic acids is 1. The molecule has 3 N–H and O–H groups in total. The predicted octanol–water partition coefficient (Wildman–Crippen LogP) is 2.75. The van der Waals surface area contributed by atoms with Crippen LogP contribution in [0.2, 0.25) is 10.0 Å². The van der Waals surface area contributed by atoms with Gasteiger partial charge < -0.3 is 20.5 Å². The molecule has 0 saturated heterocycles. The zero-order chi connectivity index (χ0) is 16.0. The molecule has 0 bridgehead atoms. The normalized spacial score (nSPS) is 12.9. The summed E-state index contributed by atoms with van der Waals surface area (Å²) in [5, 5.41) is 16.1. The van der Waals surface area contributed by atoms with E-state index >= 15 is 0 Å². The van der Waals surface area contributed by atoms with Crippen molar-refractivity contribution in [1.29, 1.82) is 0 Å². The van der Waals surface area contributed by atoms with Crippen molar-refractivity contribution in [3.8, 4) is 0 Å². The molecule has 7 heteroatoms. The molecule has 0 heterocycles. The molecule has 5 nitrogen and oxygen atoms in total. The lowest BCUT2D eigenvalue weighted by atomic mass is 10.1. The largest absolute Gasteiger partial charge is 0.387 e. The van der Waals surface area contributed by atoms with E-state index in [2.05, 4.69) is 10.6 Å². The first kappa shape index (κ1) is 18.0. The maximum atomic E-state index is 11.6. The van der Waals surface area contributed by atoms with Gasteiger partial charge in [0.05, 0.1) is 11.7 Å². The smallest absolute Gasteiger partial charge is 0.314 e. The highest BCUT2D eigenvalue weighted by molar-refractivity contribution is 6.34. The number of halogens is 2. The van der Waals surface area contributed by atoms with Crippen LogP contribution in [0.4, 0.5) is 4.79 Å². The number of aliphatic hydroxyl groups excluding tert-OH is 1. The molecule has 1 atom stereocenters. The molecule has 1 rings (SSSR count). The number of benzene rings is 1. The second-order valence-electron chi connectivity index (χ2n) is 5.25. The van der Waals surface area contributed by atoms with E-state index in [9.17, 15) is 9.90 Å². The molecule has 118 valence electrons. The highest BCUT2D eigenvalue weighted by Crippen LogP contribution is 2.23. The summed E-state index contributed by atoms with van der Waals surface area (Å²) in [6, 6.07) is 4.40. The topological polar surface area (TPSA) is 70.6 Å². The summed E-state index contributed by atoms with van der Waals surface area (Å²) in [5.41, 5.74) is 0.0983. The first-order valence-corrected chi connectivity index (χ1v) is 7.20. The second-order valence-corrected chi connectivity index (χ2v) is 6.12. The number of urea groups is 1. The van der Waals surface area contributed by atoms with Crippen molar-refractivity contribution in [2.75, 3.05) is 20.2 Å². The van der Waals surface area contributed by atoms with Gasteiger partial charge >= 0.3 is 6.03 Å². The SMILES string of the molecule is COC(C)(C)CNC(=O)NCC(O)c1cc(Cl)cc(Cl)c1. The van der Waals surface area contributed by atoms with Gasteiger partial charge in [0.25, 0.3) is 0 Å². The number of amides is 2. The van der Waals surface area contributed by atoms with E-state index in [1.54, 1.807) is 25.3 Å². The summed E-state index contributed by atoms with van der Waals surface area (Å²) in [4.78, 5) is 11.6. The molecule has 0 aliphatic rings. The molecular weight excluding hydrogens is 315 g/mol. The van der Waals surface area contributed by atoms with Crippen LogP contribution < -0.4 is 10.6 Å². The number of hydrogen-bond donors (Lipinski definition) is 3. The Morgan fingerprint density at radius 1 is 1.29 bits per heavy atom. The lowest BCUT2D eigenvalue weighted by molar-refractivity contribution is 0.0253. The number of carbonyl (C=O) groups is 1. The average Bonchev–Trinajstić information content (AvgIpc) is 2.41. The Hall–Kier alpha value is -1.01. The van der Waals surface area contributed by atoms with Gasteiger partial charge in [0, 0.05) is 30.2 Å². The zero-order valence-electron chi connectivity index (χ0n) is 12.2. The van der Waals surface area contributed by atoms with Gasteiger partial charge in [0.2, 0.25) is 0 Å². The predicted molar refractivity (Wildman–Crippen MR) is 83.9 cm³/mol. The summed E-state index contributed by atoms with van der Waals surface area (Å²) < 4.78 is 5.19. The number of nitrogens with one attached hydrogen (secondary N) is 2. The summed E-state index contributed by atoms with van der Waals surface area (Å²) in [6.07, 6.45) is -0.887. The van der Waals surface area contributed by atoms with Gasteiger partial charge in [0.15, 0.2) is 0 Å². The Morgan fingerprint density at radius 3 is 2.38 bits per heavy atom. The molecule has 0 aliphatic carbocycles. The number of aliphatic hydroxyl groups is 1. The van der Waals surface area contributed by atoms with Crippen LogP contribution in [-0.4, -0.2) is 36.9 Å². The Labute approximate surface area is 134 Å². The number of methoxy groups -OCH3 is 1. The highest BCUT2D eigenvalue weighted by atomic mass is 35.5. The van der Waals surface area contributed by atoms with Crippen LogP contribution in [0.5, 0.6) is 0 Å². The minimum absolute atomic E-state index is 0.0515. The molecule has 0 aromatic heterocycles. The van der Waals surface area contributed by atoms with Crippen LogP contribution in [0.3, 0.4) is 0 Å². The summed E-state index contributed by atoms with van der Waals surface area (Å²) in [5.74, 6) is 0. The minimum Gasteiger partial charge on any atom is -0.387 e. The van der Waals surface area contributed by atoms with Crippen molar-refractivity contribution in [1.82, 2.24) is 10.6 Å². The fourth-order valence-electron chi connectivity index (χ4n) is 1.50. The summed E-state index contributed by atoms with van der Waals surface area (Å²) >= 11 is 11.7. The van der Waals surface area contributed by atoms with Gasteiger partial charge in [-0.2, -0.15) is 0 Å².